The van der Waals surface area contributed by atoms with Gasteiger partial charge in [-0.05, 0) is 47.9 Å². The average molecular weight is 470 g/mol. The van der Waals surface area contributed by atoms with E-state index in [0.717, 1.165) is 17.7 Å². The van der Waals surface area contributed by atoms with E-state index in [4.69, 9.17) is 32.7 Å². The summed E-state index contributed by atoms with van der Waals surface area (Å²) in [5.74, 6) is 0.790. The standard InChI is InChI=1S/C24H21Cl2N3O3/c1-2-5-18-6-3-4-7-22(18)31-12-13-32-23-20(25)14-17(15-21(23)26)16-28-29-24(30)19-8-10-27-11-9-19/h2-4,6-11,14-16H,1,5,12-13H2,(H,29,30). The molecule has 1 heterocycles. The Labute approximate surface area is 196 Å². The van der Waals surface area contributed by atoms with Crippen molar-refractivity contribution in [3.05, 3.63) is 100 Å². The smallest absolute Gasteiger partial charge is 0.271 e. The van der Waals surface area contributed by atoms with E-state index < -0.39 is 0 Å². The highest BCUT2D eigenvalue weighted by molar-refractivity contribution is 6.37. The van der Waals surface area contributed by atoms with Crippen molar-refractivity contribution in [2.75, 3.05) is 13.2 Å². The third-order valence-corrected chi connectivity index (χ3v) is 4.83. The number of rotatable bonds is 10. The van der Waals surface area contributed by atoms with E-state index in [1.165, 1.54) is 18.6 Å². The molecule has 1 amide bonds. The van der Waals surface area contributed by atoms with Crippen LogP contribution in [0.25, 0.3) is 0 Å². The van der Waals surface area contributed by atoms with Gasteiger partial charge >= 0.3 is 0 Å². The zero-order valence-corrected chi connectivity index (χ0v) is 18.6. The zero-order valence-electron chi connectivity index (χ0n) is 17.1. The summed E-state index contributed by atoms with van der Waals surface area (Å²) >= 11 is 12.6. The van der Waals surface area contributed by atoms with Gasteiger partial charge in [-0.1, -0.05) is 47.5 Å². The summed E-state index contributed by atoms with van der Waals surface area (Å²) in [6.45, 7) is 4.34. The molecule has 0 aliphatic carbocycles. The van der Waals surface area contributed by atoms with Crippen LogP contribution in [0, 0.1) is 0 Å². The fourth-order valence-electron chi connectivity index (χ4n) is 2.79. The highest BCUT2D eigenvalue weighted by Gasteiger charge is 2.10. The van der Waals surface area contributed by atoms with Crippen LogP contribution in [0.1, 0.15) is 21.5 Å². The van der Waals surface area contributed by atoms with Crippen molar-refractivity contribution >= 4 is 35.3 Å². The Balaban J connectivity index is 1.54. The summed E-state index contributed by atoms with van der Waals surface area (Å²) in [5, 5.41) is 4.58. The van der Waals surface area contributed by atoms with Crippen molar-refractivity contribution in [2.24, 2.45) is 5.10 Å². The molecule has 0 spiro atoms. The minimum atomic E-state index is -0.351. The van der Waals surface area contributed by atoms with Gasteiger partial charge in [0.2, 0.25) is 0 Å². The molecule has 164 valence electrons. The summed E-state index contributed by atoms with van der Waals surface area (Å²) in [6.07, 6.45) is 7.05. The van der Waals surface area contributed by atoms with Crippen molar-refractivity contribution in [2.45, 2.75) is 6.42 Å². The zero-order chi connectivity index (χ0) is 22.8. The van der Waals surface area contributed by atoms with Gasteiger partial charge in [-0.2, -0.15) is 5.10 Å². The quantitative estimate of drug-likeness (QED) is 0.188. The fraction of sp³-hybridized carbons (Fsp3) is 0.125. The second-order valence-electron chi connectivity index (χ2n) is 6.55. The Morgan fingerprint density at radius 2 is 1.75 bits per heavy atom. The minimum Gasteiger partial charge on any atom is -0.490 e. The second-order valence-corrected chi connectivity index (χ2v) is 7.36. The van der Waals surface area contributed by atoms with Gasteiger partial charge in [0.15, 0.2) is 5.75 Å². The first-order valence-corrected chi connectivity index (χ1v) is 10.5. The number of pyridine rings is 1. The van der Waals surface area contributed by atoms with Crippen molar-refractivity contribution < 1.29 is 14.3 Å². The second kappa shape index (κ2) is 11.9. The van der Waals surface area contributed by atoms with Crippen LogP contribution < -0.4 is 14.9 Å². The lowest BCUT2D eigenvalue weighted by Gasteiger charge is -2.13. The van der Waals surface area contributed by atoms with Gasteiger partial charge in [0.05, 0.1) is 16.3 Å². The van der Waals surface area contributed by atoms with Crippen LogP contribution in [0.4, 0.5) is 0 Å². The van der Waals surface area contributed by atoms with E-state index in [9.17, 15) is 4.79 Å². The topological polar surface area (TPSA) is 72.8 Å². The third-order valence-electron chi connectivity index (χ3n) is 4.27. The lowest BCUT2D eigenvalue weighted by atomic mass is 10.1. The average Bonchev–Trinajstić information content (AvgIpc) is 2.80. The lowest BCUT2D eigenvalue weighted by molar-refractivity contribution is 0.0955. The molecule has 0 unspecified atom stereocenters. The van der Waals surface area contributed by atoms with Crippen LogP contribution in [0.3, 0.4) is 0 Å². The molecule has 1 N–H and O–H groups in total. The van der Waals surface area contributed by atoms with Crippen molar-refractivity contribution in [1.82, 2.24) is 10.4 Å². The molecule has 0 saturated carbocycles. The first-order chi connectivity index (χ1) is 15.6. The van der Waals surface area contributed by atoms with Crippen LogP contribution in [0.2, 0.25) is 10.0 Å². The van der Waals surface area contributed by atoms with Gasteiger partial charge in [0.25, 0.3) is 5.91 Å². The molecule has 3 rings (SSSR count). The maximum Gasteiger partial charge on any atom is 0.271 e. The maximum atomic E-state index is 12.0. The van der Waals surface area contributed by atoms with E-state index >= 15 is 0 Å². The van der Waals surface area contributed by atoms with E-state index in [2.05, 4.69) is 22.1 Å². The Kier molecular flexibility index (Phi) is 8.66. The number of amides is 1. The number of carbonyl (C=O) groups excluding carboxylic acids is 1. The molecule has 0 saturated heterocycles. The van der Waals surface area contributed by atoms with Gasteiger partial charge in [-0.15, -0.1) is 6.58 Å². The number of hydrogen-bond acceptors (Lipinski definition) is 5. The number of nitrogens with zero attached hydrogens (tertiary/aromatic N) is 2. The third kappa shape index (κ3) is 6.57. The van der Waals surface area contributed by atoms with Crippen LogP contribution in [-0.2, 0) is 6.42 Å². The van der Waals surface area contributed by atoms with Crippen molar-refractivity contribution in [1.29, 1.82) is 0 Å². The maximum absolute atomic E-state index is 12.0. The lowest BCUT2D eigenvalue weighted by Crippen LogP contribution is -2.17. The Morgan fingerprint density at radius 3 is 2.47 bits per heavy atom. The predicted octanol–water partition coefficient (Wildman–Crippen LogP) is 5.34. The van der Waals surface area contributed by atoms with Crippen molar-refractivity contribution in [3.63, 3.8) is 0 Å². The Hall–Kier alpha value is -3.35. The molecule has 0 fully saturated rings. The van der Waals surface area contributed by atoms with Gasteiger partial charge < -0.3 is 9.47 Å². The van der Waals surface area contributed by atoms with E-state index in [-0.39, 0.29) is 12.5 Å². The molecular formula is C24H21Cl2N3O3. The Morgan fingerprint density at radius 1 is 1.06 bits per heavy atom. The number of hydrogen-bond donors (Lipinski definition) is 1. The number of halogens is 2. The molecule has 8 heteroatoms. The number of allylic oxidation sites excluding steroid dienone is 1. The van der Waals surface area contributed by atoms with E-state index in [1.54, 1.807) is 24.3 Å². The summed E-state index contributed by atoms with van der Waals surface area (Å²) < 4.78 is 11.5. The summed E-state index contributed by atoms with van der Waals surface area (Å²) in [4.78, 5) is 15.9. The predicted molar refractivity (Wildman–Crippen MR) is 127 cm³/mol. The number of benzene rings is 2. The van der Waals surface area contributed by atoms with Crippen LogP contribution in [-0.4, -0.2) is 30.3 Å². The van der Waals surface area contributed by atoms with Crippen molar-refractivity contribution in [3.8, 4) is 11.5 Å². The molecule has 32 heavy (non-hydrogen) atoms. The Bertz CT molecular complexity index is 1080. The highest BCUT2D eigenvalue weighted by Crippen LogP contribution is 2.33. The monoisotopic (exact) mass is 469 g/mol. The molecule has 6 nitrogen and oxygen atoms in total. The molecule has 3 aromatic rings. The number of hydrazone groups is 1. The largest absolute Gasteiger partial charge is 0.490 e. The first-order valence-electron chi connectivity index (χ1n) is 9.75. The number of aromatic nitrogens is 1. The number of carbonyl (C=O) groups is 1. The van der Waals surface area contributed by atoms with E-state index in [0.29, 0.717) is 33.5 Å². The fourth-order valence-corrected chi connectivity index (χ4v) is 3.40. The molecule has 0 aliphatic heterocycles. The number of para-hydroxylation sites is 1. The highest BCUT2D eigenvalue weighted by atomic mass is 35.5. The molecule has 0 atom stereocenters. The van der Waals surface area contributed by atoms with Gasteiger partial charge in [0.1, 0.15) is 19.0 Å². The molecule has 0 aliphatic rings. The van der Waals surface area contributed by atoms with Gasteiger partial charge in [0, 0.05) is 18.0 Å². The van der Waals surface area contributed by atoms with Crippen LogP contribution in [0.5, 0.6) is 11.5 Å². The molecule has 2 aromatic carbocycles. The molecule has 1 aromatic heterocycles. The van der Waals surface area contributed by atoms with Crippen LogP contribution in [0.15, 0.2) is 78.7 Å². The van der Waals surface area contributed by atoms with E-state index in [1.807, 2.05) is 30.3 Å². The SMILES string of the molecule is C=CCc1ccccc1OCCOc1c(Cl)cc(C=NNC(=O)c2ccncc2)cc1Cl. The molecular weight excluding hydrogens is 449 g/mol. The van der Waals surface area contributed by atoms with Gasteiger partial charge in [-0.25, -0.2) is 5.43 Å². The summed E-state index contributed by atoms with van der Waals surface area (Å²) in [6, 6.07) is 14.2. The summed E-state index contributed by atoms with van der Waals surface area (Å²) in [7, 11) is 0. The molecule has 0 radical (unpaired) electrons. The molecule has 0 bridgehead atoms. The van der Waals surface area contributed by atoms with Gasteiger partial charge in [-0.3, -0.25) is 9.78 Å². The number of ether oxygens (including phenoxy) is 2. The number of nitrogens with one attached hydrogen (secondary N) is 1. The minimum absolute atomic E-state index is 0.261. The first kappa shape index (κ1) is 23.3. The van der Waals surface area contributed by atoms with Crippen LogP contribution >= 0.6 is 23.2 Å². The normalized spacial score (nSPS) is 10.7. The summed E-state index contributed by atoms with van der Waals surface area (Å²) in [5.41, 5.74) is 4.55.